The van der Waals surface area contributed by atoms with E-state index in [1.54, 1.807) is 30.3 Å². The highest BCUT2D eigenvalue weighted by Gasteiger charge is 2.14. The molecule has 1 saturated heterocycles. The van der Waals surface area contributed by atoms with Crippen molar-refractivity contribution in [1.82, 2.24) is 5.43 Å². The summed E-state index contributed by atoms with van der Waals surface area (Å²) in [6, 6.07) is 10.2. The van der Waals surface area contributed by atoms with Crippen LogP contribution in [0.5, 0.6) is 0 Å². The second-order valence-corrected chi connectivity index (χ2v) is 5.73. The number of benzene rings is 1. The number of carbonyl (C=O) groups excluding carboxylic acids is 2. The van der Waals surface area contributed by atoms with Crippen LogP contribution in [0.2, 0.25) is 0 Å². The van der Waals surface area contributed by atoms with Crippen molar-refractivity contribution in [2.45, 2.75) is 6.92 Å². The predicted molar refractivity (Wildman–Crippen MR) is 97.5 cm³/mol. The van der Waals surface area contributed by atoms with Crippen LogP contribution in [0.1, 0.15) is 23.0 Å². The zero-order chi connectivity index (χ0) is 18.4. The fourth-order valence-corrected chi connectivity index (χ4v) is 2.49. The summed E-state index contributed by atoms with van der Waals surface area (Å²) < 4.78 is 11.0. The van der Waals surface area contributed by atoms with Gasteiger partial charge in [-0.2, -0.15) is 5.10 Å². The summed E-state index contributed by atoms with van der Waals surface area (Å²) in [5.74, 6) is 0.791. The molecule has 0 unspecified atom stereocenters. The Kier molecular flexibility index (Phi) is 5.65. The number of rotatable bonds is 5. The standard InChI is InChI=1S/C18H20N4O4/c1-13(23)20-15-4-2-14(3-5-15)18(24)21-19-12-16-6-7-17(26-16)22-8-10-25-11-9-22/h2-7,12H,8-11H2,1H3,(H,20,23)(H,21,24). The number of morpholine rings is 1. The molecule has 136 valence electrons. The van der Waals surface area contributed by atoms with Crippen LogP contribution in [-0.4, -0.2) is 44.3 Å². The Hall–Kier alpha value is -3.13. The number of hydrogen-bond acceptors (Lipinski definition) is 6. The lowest BCUT2D eigenvalue weighted by Gasteiger charge is -2.26. The number of hydrogen-bond donors (Lipinski definition) is 2. The highest BCUT2D eigenvalue weighted by molar-refractivity contribution is 5.95. The molecule has 8 nitrogen and oxygen atoms in total. The number of amides is 2. The minimum Gasteiger partial charge on any atom is -0.440 e. The summed E-state index contributed by atoms with van der Waals surface area (Å²) in [6.07, 6.45) is 1.45. The second kappa shape index (κ2) is 8.30. The second-order valence-electron chi connectivity index (χ2n) is 5.73. The minimum atomic E-state index is -0.351. The van der Waals surface area contributed by atoms with Crippen molar-refractivity contribution in [1.29, 1.82) is 0 Å². The summed E-state index contributed by atoms with van der Waals surface area (Å²) >= 11 is 0. The first kappa shape index (κ1) is 17.7. The van der Waals surface area contributed by atoms with Crippen molar-refractivity contribution in [2.24, 2.45) is 5.10 Å². The molecule has 2 aromatic rings. The third kappa shape index (κ3) is 4.70. The average Bonchev–Trinajstić information content (AvgIpc) is 3.11. The molecule has 2 amide bonds. The third-order valence-corrected chi connectivity index (χ3v) is 3.76. The maximum Gasteiger partial charge on any atom is 0.271 e. The fourth-order valence-electron chi connectivity index (χ4n) is 2.49. The number of hydrazone groups is 1. The summed E-state index contributed by atoms with van der Waals surface area (Å²) in [4.78, 5) is 25.1. The number of anilines is 2. The molecule has 0 aliphatic carbocycles. The van der Waals surface area contributed by atoms with Gasteiger partial charge < -0.3 is 19.4 Å². The molecule has 0 bridgehead atoms. The smallest absolute Gasteiger partial charge is 0.271 e. The van der Waals surface area contributed by atoms with Gasteiger partial charge in [0.25, 0.3) is 5.91 Å². The lowest BCUT2D eigenvalue weighted by molar-refractivity contribution is -0.114. The SMILES string of the molecule is CC(=O)Nc1ccc(C(=O)NN=Cc2ccc(N3CCOCC3)o2)cc1. The molecule has 1 aromatic carbocycles. The van der Waals surface area contributed by atoms with Gasteiger partial charge in [0, 0.05) is 37.3 Å². The van der Waals surface area contributed by atoms with Gasteiger partial charge in [-0.1, -0.05) is 0 Å². The van der Waals surface area contributed by atoms with Crippen molar-refractivity contribution in [3.8, 4) is 0 Å². The van der Waals surface area contributed by atoms with Crippen molar-refractivity contribution >= 4 is 29.6 Å². The molecule has 0 spiro atoms. The van der Waals surface area contributed by atoms with E-state index in [4.69, 9.17) is 9.15 Å². The van der Waals surface area contributed by atoms with Crippen LogP contribution in [0.25, 0.3) is 0 Å². The Morgan fingerprint density at radius 1 is 1.12 bits per heavy atom. The first-order valence-corrected chi connectivity index (χ1v) is 8.25. The molecule has 1 fully saturated rings. The number of carbonyl (C=O) groups is 2. The van der Waals surface area contributed by atoms with Crippen LogP contribution in [0.15, 0.2) is 45.9 Å². The summed E-state index contributed by atoms with van der Waals surface area (Å²) in [5, 5.41) is 6.56. The summed E-state index contributed by atoms with van der Waals surface area (Å²) in [7, 11) is 0. The van der Waals surface area contributed by atoms with E-state index in [0.29, 0.717) is 30.2 Å². The van der Waals surface area contributed by atoms with Gasteiger partial charge in [-0.3, -0.25) is 9.59 Å². The Balaban J connectivity index is 1.54. The van der Waals surface area contributed by atoms with E-state index in [0.717, 1.165) is 19.0 Å². The van der Waals surface area contributed by atoms with Gasteiger partial charge in [0.1, 0.15) is 5.76 Å². The fraction of sp³-hybridized carbons (Fsp3) is 0.278. The van der Waals surface area contributed by atoms with Gasteiger partial charge >= 0.3 is 0 Å². The van der Waals surface area contributed by atoms with E-state index in [9.17, 15) is 9.59 Å². The van der Waals surface area contributed by atoms with Crippen molar-refractivity contribution in [2.75, 3.05) is 36.5 Å². The van der Waals surface area contributed by atoms with E-state index in [2.05, 4.69) is 20.7 Å². The summed E-state index contributed by atoms with van der Waals surface area (Å²) in [6.45, 7) is 4.36. The van der Waals surface area contributed by atoms with Crippen LogP contribution in [-0.2, 0) is 9.53 Å². The highest BCUT2D eigenvalue weighted by atomic mass is 16.5. The Bertz CT molecular complexity index is 792. The topological polar surface area (TPSA) is 96.2 Å². The Labute approximate surface area is 150 Å². The van der Waals surface area contributed by atoms with Gasteiger partial charge in [0.2, 0.25) is 5.91 Å². The molecule has 3 rings (SSSR count). The number of nitrogens with one attached hydrogen (secondary N) is 2. The van der Waals surface area contributed by atoms with E-state index in [1.165, 1.54) is 13.1 Å². The Morgan fingerprint density at radius 3 is 2.54 bits per heavy atom. The molecule has 2 heterocycles. The molecule has 1 aliphatic heterocycles. The van der Waals surface area contributed by atoms with Crippen molar-refractivity contribution < 1.29 is 18.7 Å². The van der Waals surface area contributed by atoms with Crippen LogP contribution < -0.4 is 15.6 Å². The van der Waals surface area contributed by atoms with Crippen molar-refractivity contribution in [3.63, 3.8) is 0 Å². The lowest BCUT2D eigenvalue weighted by atomic mass is 10.2. The molecule has 0 atom stereocenters. The zero-order valence-electron chi connectivity index (χ0n) is 14.4. The van der Waals surface area contributed by atoms with E-state index >= 15 is 0 Å². The van der Waals surface area contributed by atoms with Crippen LogP contribution in [0.3, 0.4) is 0 Å². The number of furan rings is 1. The molecule has 0 saturated carbocycles. The highest BCUT2D eigenvalue weighted by Crippen LogP contribution is 2.18. The zero-order valence-corrected chi connectivity index (χ0v) is 14.4. The van der Waals surface area contributed by atoms with Gasteiger partial charge in [-0.15, -0.1) is 0 Å². The molecular formula is C18H20N4O4. The predicted octanol–water partition coefficient (Wildman–Crippen LogP) is 1.84. The minimum absolute atomic E-state index is 0.165. The molecule has 8 heteroatoms. The van der Waals surface area contributed by atoms with Crippen LogP contribution in [0.4, 0.5) is 11.6 Å². The Morgan fingerprint density at radius 2 is 1.85 bits per heavy atom. The quantitative estimate of drug-likeness (QED) is 0.629. The monoisotopic (exact) mass is 356 g/mol. The lowest BCUT2D eigenvalue weighted by Crippen LogP contribution is -2.35. The van der Waals surface area contributed by atoms with E-state index < -0.39 is 0 Å². The van der Waals surface area contributed by atoms with Crippen LogP contribution in [0, 0.1) is 0 Å². The molecule has 1 aliphatic rings. The average molecular weight is 356 g/mol. The van der Waals surface area contributed by atoms with E-state index in [1.807, 2.05) is 6.07 Å². The number of ether oxygens (including phenoxy) is 1. The normalized spacial score (nSPS) is 14.4. The van der Waals surface area contributed by atoms with Gasteiger partial charge in [-0.25, -0.2) is 5.43 Å². The van der Waals surface area contributed by atoms with E-state index in [-0.39, 0.29) is 11.8 Å². The molecule has 26 heavy (non-hydrogen) atoms. The van der Waals surface area contributed by atoms with Gasteiger partial charge in [0.05, 0.1) is 19.4 Å². The summed E-state index contributed by atoms with van der Waals surface area (Å²) in [5.41, 5.74) is 3.51. The third-order valence-electron chi connectivity index (χ3n) is 3.76. The van der Waals surface area contributed by atoms with Gasteiger partial charge in [-0.05, 0) is 30.3 Å². The van der Waals surface area contributed by atoms with Crippen LogP contribution >= 0.6 is 0 Å². The number of nitrogens with zero attached hydrogens (tertiary/aromatic N) is 2. The molecule has 2 N–H and O–H groups in total. The largest absolute Gasteiger partial charge is 0.440 e. The first-order valence-electron chi connectivity index (χ1n) is 8.25. The first-order chi connectivity index (χ1) is 12.6. The maximum atomic E-state index is 12.1. The maximum absolute atomic E-state index is 12.1. The molecule has 1 aromatic heterocycles. The molecular weight excluding hydrogens is 336 g/mol. The molecule has 0 radical (unpaired) electrons. The van der Waals surface area contributed by atoms with Gasteiger partial charge in [0.15, 0.2) is 5.88 Å². The van der Waals surface area contributed by atoms with Crippen molar-refractivity contribution in [3.05, 3.63) is 47.7 Å².